The highest BCUT2D eigenvalue weighted by atomic mass is 32.2. The van der Waals surface area contributed by atoms with Gasteiger partial charge in [-0.3, -0.25) is 19.2 Å². The molecule has 1 aromatic carbocycles. The Balaban J connectivity index is 1.21. The van der Waals surface area contributed by atoms with Gasteiger partial charge < -0.3 is 14.5 Å². The highest BCUT2D eigenvalue weighted by Crippen LogP contribution is 2.25. The zero-order valence-corrected chi connectivity index (χ0v) is 20.0. The summed E-state index contributed by atoms with van der Waals surface area (Å²) in [4.78, 5) is 19.2. The molecule has 0 radical (unpaired) electrons. The highest BCUT2D eigenvalue weighted by molar-refractivity contribution is 7.99. The fourth-order valence-electron chi connectivity index (χ4n) is 3.84. The number of hydrogen-bond acceptors (Lipinski definition) is 8. The predicted octanol–water partition coefficient (Wildman–Crippen LogP) is 3.54. The molecule has 0 bridgehead atoms. The van der Waals surface area contributed by atoms with Crippen LogP contribution >= 0.6 is 11.8 Å². The van der Waals surface area contributed by atoms with Gasteiger partial charge in [0.25, 0.3) is 0 Å². The molecule has 180 valence electrons. The molecule has 1 N–H and O–H groups in total. The molecule has 3 aromatic heterocycles. The van der Waals surface area contributed by atoms with E-state index in [1.54, 1.807) is 18.7 Å². The molecule has 1 aliphatic heterocycles. The maximum absolute atomic E-state index is 12.7. The van der Waals surface area contributed by atoms with Gasteiger partial charge in [0.1, 0.15) is 5.76 Å². The smallest absolute Gasteiger partial charge is 0.234 e. The van der Waals surface area contributed by atoms with Crippen LogP contribution in [-0.2, 0) is 22.6 Å². The second-order valence-electron chi connectivity index (χ2n) is 8.14. The van der Waals surface area contributed by atoms with Gasteiger partial charge in [-0.25, -0.2) is 0 Å². The summed E-state index contributed by atoms with van der Waals surface area (Å²) in [5.74, 6) is 1.55. The van der Waals surface area contributed by atoms with Crippen LogP contribution in [0.3, 0.4) is 0 Å². The van der Waals surface area contributed by atoms with E-state index in [9.17, 15) is 4.79 Å². The van der Waals surface area contributed by atoms with Crippen molar-refractivity contribution in [3.05, 3.63) is 78.5 Å². The Kier molecular flexibility index (Phi) is 7.52. The van der Waals surface area contributed by atoms with Crippen LogP contribution in [-0.4, -0.2) is 62.6 Å². The Morgan fingerprint density at radius 2 is 1.89 bits per heavy atom. The number of amides is 1. The van der Waals surface area contributed by atoms with Gasteiger partial charge in [-0.1, -0.05) is 23.9 Å². The van der Waals surface area contributed by atoms with E-state index in [1.165, 1.54) is 17.3 Å². The van der Waals surface area contributed by atoms with Crippen LogP contribution in [0.1, 0.15) is 11.3 Å². The van der Waals surface area contributed by atoms with E-state index in [1.807, 2.05) is 41.0 Å². The molecule has 1 aliphatic rings. The number of nitrogens with zero attached hydrogens (tertiary/aromatic N) is 5. The molecule has 0 spiro atoms. The third-order valence-electron chi connectivity index (χ3n) is 5.61. The van der Waals surface area contributed by atoms with Crippen molar-refractivity contribution in [1.82, 2.24) is 24.6 Å². The lowest BCUT2D eigenvalue weighted by molar-refractivity contribution is -0.113. The van der Waals surface area contributed by atoms with E-state index in [0.717, 1.165) is 49.9 Å². The lowest BCUT2D eigenvalue weighted by Gasteiger charge is -2.26. The number of thioether (sulfide) groups is 1. The van der Waals surface area contributed by atoms with Crippen molar-refractivity contribution in [2.24, 2.45) is 0 Å². The third kappa shape index (κ3) is 6.16. The van der Waals surface area contributed by atoms with E-state index in [0.29, 0.717) is 17.5 Å². The van der Waals surface area contributed by atoms with Crippen LogP contribution in [0.2, 0.25) is 0 Å². The molecule has 0 unspecified atom stereocenters. The Labute approximate surface area is 207 Å². The number of aromatic nitrogens is 4. The maximum atomic E-state index is 12.7. The summed E-state index contributed by atoms with van der Waals surface area (Å²) in [5, 5.41) is 12.3. The third-order valence-corrected chi connectivity index (χ3v) is 6.58. The SMILES string of the molecule is O=C(CSc1nnc(-c2cccnc2)n1Cc1ccco1)Nc1ccc(CN2CCOCC2)cc1. The number of morpholine rings is 1. The molecule has 4 heterocycles. The summed E-state index contributed by atoms with van der Waals surface area (Å²) < 4.78 is 12.9. The minimum absolute atomic E-state index is 0.105. The summed E-state index contributed by atoms with van der Waals surface area (Å²) in [6.07, 6.45) is 5.09. The van der Waals surface area contributed by atoms with Crippen LogP contribution < -0.4 is 5.32 Å². The zero-order valence-electron chi connectivity index (χ0n) is 19.2. The van der Waals surface area contributed by atoms with Crippen LogP contribution in [0, 0.1) is 0 Å². The standard InChI is InChI=1S/C25H26N6O3S/c32-23(27-21-7-5-19(6-8-21)16-30-10-13-33-14-11-30)18-35-25-29-28-24(20-3-1-9-26-15-20)31(25)17-22-4-2-12-34-22/h1-9,12,15H,10-11,13-14,16-18H2,(H,27,32). The van der Waals surface area contributed by atoms with E-state index in [4.69, 9.17) is 9.15 Å². The molecular formula is C25H26N6O3S. The lowest BCUT2D eigenvalue weighted by atomic mass is 10.2. The number of anilines is 1. The van der Waals surface area contributed by atoms with Gasteiger partial charge in [0.15, 0.2) is 11.0 Å². The highest BCUT2D eigenvalue weighted by Gasteiger charge is 2.17. The molecule has 9 nitrogen and oxygen atoms in total. The van der Waals surface area contributed by atoms with Crippen molar-refractivity contribution in [2.45, 2.75) is 18.2 Å². The normalized spacial score (nSPS) is 14.2. The van der Waals surface area contributed by atoms with Crippen molar-refractivity contribution in [3.63, 3.8) is 0 Å². The molecule has 5 rings (SSSR count). The number of benzene rings is 1. The maximum Gasteiger partial charge on any atom is 0.234 e. The fraction of sp³-hybridized carbons (Fsp3) is 0.280. The number of carbonyl (C=O) groups is 1. The minimum atomic E-state index is -0.105. The topological polar surface area (TPSA) is 98.3 Å². The summed E-state index contributed by atoms with van der Waals surface area (Å²) in [7, 11) is 0. The number of rotatable bonds is 9. The van der Waals surface area contributed by atoms with E-state index >= 15 is 0 Å². The van der Waals surface area contributed by atoms with Crippen LogP contribution in [0.25, 0.3) is 11.4 Å². The van der Waals surface area contributed by atoms with Gasteiger partial charge in [0, 0.05) is 43.3 Å². The van der Waals surface area contributed by atoms with Crippen LogP contribution in [0.4, 0.5) is 5.69 Å². The first kappa shape index (κ1) is 23.3. The predicted molar refractivity (Wildman–Crippen MR) is 133 cm³/mol. The molecule has 4 aromatic rings. The quantitative estimate of drug-likeness (QED) is 0.356. The molecule has 1 saturated heterocycles. The summed E-state index contributed by atoms with van der Waals surface area (Å²) >= 11 is 1.33. The molecular weight excluding hydrogens is 464 g/mol. The molecule has 1 fully saturated rings. The molecule has 10 heteroatoms. The number of furan rings is 1. The van der Waals surface area contributed by atoms with Gasteiger partial charge in [0.2, 0.25) is 5.91 Å². The largest absolute Gasteiger partial charge is 0.467 e. The first-order chi connectivity index (χ1) is 17.2. The van der Waals surface area contributed by atoms with Crippen LogP contribution in [0.5, 0.6) is 0 Å². The summed E-state index contributed by atoms with van der Waals surface area (Å²) in [6, 6.07) is 15.5. The monoisotopic (exact) mass is 490 g/mol. The summed E-state index contributed by atoms with van der Waals surface area (Å²) in [6.45, 7) is 4.80. The van der Waals surface area contributed by atoms with Gasteiger partial charge in [-0.15, -0.1) is 10.2 Å². The number of nitrogens with one attached hydrogen (secondary N) is 1. The van der Waals surface area contributed by atoms with Crippen LogP contribution in [0.15, 0.2) is 76.8 Å². The van der Waals surface area contributed by atoms with Crippen molar-refractivity contribution >= 4 is 23.4 Å². The van der Waals surface area contributed by atoms with Gasteiger partial charge in [-0.05, 0) is 42.0 Å². The van der Waals surface area contributed by atoms with Gasteiger partial charge >= 0.3 is 0 Å². The van der Waals surface area contributed by atoms with Gasteiger partial charge in [0.05, 0.1) is 31.8 Å². The molecule has 1 amide bonds. The van der Waals surface area contributed by atoms with E-state index in [2.05, 4.69) is 37.5 Å². The Hall–Kier alpha value is -3.47. The molecule has 35 heavy (non-hydrogen) atoms. The molecule has 0 saturated carbocycles. The lowest BCUT2D eigenvalue weighted by Crippen LogP contribution is -2.35. The van der Waals surface area contributed by atoms with Crippen molar-refractivity contribution < 1.29 is 13.9 Å². The van der Waals surface area contributed by atoms with Gasteiger partial charge in [-0.2, -0.15) is 0 Å². The van der Waals surface area contributed by atoms with E-state index < -0.39 is 0 Å². The molecule has 0 atom stereocenters. The Bertz CT molecular complexity index is 1220. The molecule has 0 aliphatic carbocycles. The Morgan fingerprint density at radius 1 is 1.03 bits per heavy atom. The number of carbonyl (C=O) groups excluding carboxylic acids is 1. The first-order valence-electron chi connectivity index (χ1n) is 11.4. The van der Waals surface area contributed by atoms with Crippen molar-refractivity contribution in [1.29, 1.82) is 0 Å². The Morgan fingerprint density at radius 3 is 2.63 bits per heavy atom. The van der Waals surface area contributed by atoms with Crippen molar-refractivity contribution in [3.8, 4) is 11.4 Å². The fourth-order valence-corrected chi connectivity index (χ4v) is 4.58. The van der Waals surface area contributed by atoms with Crippen molar-refractivity contribution in [2.75, 3.05) is 37.4 Å². The average molecular weight is 491 g/mol. The number of hydrogen-bond donors (Lipinski definition) is 1. The zero-order chi connectivity index (χ0) is 23.9. The first-order valence-corrected chi connectivity index (χ1v) is 12.4. The number of pyridine rings is 1. The minimum Gasteiger partial charge on any atom is -0.467 e. The van der Waals surface area contributed by atoms with E-state index in [-0.39, 0.29) is 11.7 Å². The second-order valence-corrected chi connectivity index (χ2v) is 9.08. The average Bonchev–Trinajstić information content (AvgIpc) is 3.56. The summed E-state index contributed by atoms with van der Waals surface area (Å²) in [5.41, 5.74) is 2.84. The second kappa shape index (κ2) is 11.3. The number of ether oxygens (including phenoxy) is 1.